The standard InChI is InChI=1S/C21H22F3N3O4/c1-29-8-6-25-20(28)18-14-31-19(26-18)12-27(11-16-5-7-30-13-16)10-15-3-2-4-17(9-15)21(22,23)24/h2-5,7,9,13-14H,6,8,10-12H2,1H3,(H,25,28). The van der Waals surface area contributed by atoms with Crippen molar-refractivity contribution in [2.24, 2.45) is 0 Å². The number of ether oxygens (including phenoxy) is 1. The fourth-order valence-corrected chi connectivity index (χ4v) is 2.95. The fraction of sp³-hybridized carbons (Fsp3) is 0.333. The summed E-state index contributed by atoms with van der Waals surface area (Å²) in [5.74, 6) is -0.126. The number of hydrogen-bond acceptors (Lipinski definition) is 6. The molecule has 0 fully saturated rings. The second-order valence-electron chi connectivity index (χ2n) is 6.85. The summed E-state index contributed by atoms with van der Waals surface area (Å²) >= 11 is 0. The average molecular weight is 437 g/mol. The Bertz CT molecular complexity index is 970. The topological polar surface area (TPSA) is 80.7 Å². The second kappa shape index (κ2) is 10.3. The minimum Gasteiger partial charge on any atom is -0.472 e. The molecule has 0 saturated heterocycles. The molecule has 3 rings (SSSR count). The quantitative estimate of drug-likeness (QED) is 0.485. The summed E-state index contributed by atoms with van der Waals surface area (Å²) in [6.45, 7) is 1.50. The first-order valence-electron chi connectivity index (χ1n) is 9.46. The molecule has 10 heteroatoms. The Morgan fingerprint density at radius 3 is 2.68 bits per heavy atom. The number of nitrogens with zero attached hydrogens (tertiary/aromatic N) is 2. The number of methoxy groups -OCH3 is 1. The first kappa shape index (κ1) is 22.6. The number of furan rings is 1. The number of carbonyl (C=O) groups is 1. The van der Waals surface area contributed by atoms with E-state index < -0.39 is 17.6 Å². The Morgan fingerprint density at radius 2 is 1.97 bits per heavy atom. The van der Waals surface area contributed by atoms with E-state index in [9.17, 15) is 18.0 Å². The summed E-state index contributed by atoms with van der Waals surface area (Å²) < 4.78 is 54.5. The molecule has 1 amide bonds. The molecule has 31 heavy (non-hydrogen) atoms. The minimum atomic E-state index is -4.42. The van der Waals surface area contributed by atoms with Crippen molar-refractivity contribution in [3.63, 3.8) is 0 Å². The number of oxazole rings is 1. The molecule has 1 N–H and O–H groups in total. The van der Waals surface area contributed by atoms with Gasteiger partial charge in [-0.1, -0.05) is 18.2 Å². The molecule has 0 unspecified atom stereocenters. The Morgan fingerprint density at radius 1 is 1.16 bits per heavy atom. The highest BCUT2D eigenvalue weighted by molar-refractivity contribution is 5.91. The molecule has 0 aliphatic heterocycles. The van der Waals surface area contributed by atoms with E-state index in [-0.39, 0.29) is 24.7 Å². The lowest BCUT2D eigenvalue weighted by molar-refractivity contribution is -0.137. The molecule has 3 aromatic rings. The summed E-state index contributed by atoms with van der Waals surface area (Å²) in [4.78, 5) is 18.1. The van der Waals surface area contributed by atoms with Crippen LogP contribution >= 0.6 is 0 Å². The van der Waals surface area contributed by atoms with E-state index in [1.54, 1.807) is 18.4 Å². The zero-order chi connectivity index (χ0) is 22.3. The van der Waals surface area contributed by atoms with Gasteiger partial charge in [0.15, 0.2) is 5.69 Å². The van der Waals surface area contributed by atoms with Crippen LogP contribution in [-0.4, -0.2) is 36.1 Å². The lowest BCUT2D eigenvalue weighted by Gasteiger charge is -2.20. The SMILES string of the molecule is COCCNC(=O)c1coc(CN(Cc2ccoc2)Cc2cccc(C(F)(F)F)c2)n1. The zero-order valence-electron chi connectivity index (χ0n) is 16.8. The number of carbonyl (C=O) groups excluding carboxylic acids is 1. The number of halogens is 3. The van der Waals surface area contributed by atoms with E-state index in [0.717, 1.165) is 17.7 Å². The fourth-order valence-electron chi connectivity index (χ4n) is 2.95. The second-order valence-corrected chi connectivity index (χ2v) is 6.85. The molecular formula is C21H22F3N3O4. The van der Waals surface area contributed by atoms with E-state index >= 15 is 0 Å². The predicted molar refractivity (Wildman–Crippen MR) is 104 cm³/mol. The van der Waals surface area contributed by atoms with Crippen LogP contribution in [0.4, 0.5) is 13.2 Å². The molecule has 0 radical (unpaired) electrons. The number of benzene rings is 1. The van der Waals surface area contributed by atoms with Crippen LogP contribution in [0.3, 0.4) is 0 Å². The molecular weight excluding hydrogens is 415 g/mol. The maximum absolute atomic E-state index is 13.1. The van der Waals surface area contributed by atoms with Gasteiger partial charge in [0, 0.05) is 32.3 Å². The van der Waals surface area contributed by atoms with Crippen LogP contribution in [0, 0.1) is 0 Å². The summed E-state index contributed by atoms with van der Waals surface area (Å²) in [6, 6.07) is 6.92. The summed E-state index contributed by atoms with van der Waals surface area (Å²) in [5.41, 5.74) is 0.742. The van der Waals surface area contributed by atoms with Crippen LogP contribution in [0.2, 0.25) is 0 Å². The number of amides is 1. The first-order chi connectivity index (χ1) is 14.8. The van der Waals surface area contributed by atoms with Crippen LogP contribution in [0.25, 0.3) is 0 Å². The van der Waals surface area contributed by atoms with Crippen molar-refractivity contribution in [2.45, 2.75) is 25.8 Å². The van der Waals surface area contributed by atoms with E-state index in [1.165, 1.54) is 25.7 Å². The van der Waals surface area contributed by atoms with Crippen molar-refractivity contribution >= 4 is 5.91 Å². The Labute approximate surface area is 176 Å². The molecule has 2 aromatic heterocycles. The first-order valence-corrected chi connectivity index (χ1v) is 9.46. The third-order valence-electron chi connectivity index (χ3n) is 4.38. The van der Waals surface area contributed by atoms with Crippen LogP contribution in [0.1, 0.15) is 33.1 Å². The van der Waals surface area contributed by atoms with Gasteiger partial charge in [0.25, 0.3) is 5.91 Å². The molecule has 0 saturated carbocycles. The van der Waals surface area contributed by atoms with Crippen LogP contribution in [0.5, 0.6) is 0 Å². The molecule has 166 valence electrons. The third-order valence-corrected chi connectivity index (χ3v) is 4.38. The highest BCUT2D eigenvalue weighted by Crippen LogP contribution is 2.30. The van der Waals surface area contributed by atoms with Gasteiger partial charge in [0.05, 0.1) is 31.2 Å². The highest BCUT2D eigenvalue weighted by Gasteiger charge is 2.30. The van der Waals surface area contributed by atoms with Gasteiger partial charge in [-0.2, -0.15) is 13.2 Å². The Balaban J connectivity index is 1.72. The largest absolute Gasteiger partial charge is 0.472 e. The van der Waals surface area contributed by atoms with Gasteiger partial charge < -0.3 is 18.9 Å². The van der Waals surface area contributed by atoms with Crippen molar-refractivity contribution in [3.8, 4) is 0 Å². The van der Waals surface area contributed by atoms with E-state index in [4.69, 9.17) is 13.6 Å². The number of rotatable bonds is 10. The molecule has 7 nitrogen and oxygen atoms in total. The van der Waals surface area contributed by atoms with Crippen molar-refractivity contribution in [3.05, 3.63) is 77.4 Å². The number of hydrogen-bond donors (Lipinski definition) is 1. The van der Waals surface area contributed by atoms with Crippen molar-refractivity contribution in [1.29, 1.82) is 0 Å². The monoisotopic (exact) mass is 437 g/mol. The van der Waals surface area contributed by atoms with Gasteiger partial charge in [0.2, 0.25) is 5.89 Å². The predicted octanol–water partition coefficient (Wildman–Crippen LogP) is 3.87. The number of nitrogens with one attached hydrogen (secondary N) is 1. The molecule has 0 bridgehead atoms. The van der Waals surface area contributed by atoms with Crippen LogP contribution in [0.15, 0.2) is 58.0 Å². The van der Waals surface area contributed by atoms with E-state index in [0.29, 0.717) is 25.3 Å². The summed E-state index contributed by atoms with van der Waals surface area (Å²) in [5, 5.41) is 2.64. The van der Waals surface area contributed by atoms with Gasteiger partial charge in [0.1, 0.15) is 6.26 Å². The minimum absolute atomic E-state index is 0.119. The summed E-state index contributed by atoms with van der Waals surface area (Å²) in [7, 11) is 1.53. The lowest BCUT2D eigenvalue weighted by atomic mass is 10.1. The van der Waals surface area contributed by atoms with Crippen molar-refractivity contribution < 1.29 is 31.5 Å². The lowest BCUT2D eigenvalue weighted by Crippen LogP contribution is -2.27. The normalized spacial score (nSPS) is 11.8. The van der Waals surface area contributed by atoms with E-state index in [2.05, 4.69) is 10.3 Å². The van der Waals surface area contributed by atoms with E-state index in [1.807, 2.05) is 4.90 Å². The third kappa shape index (κ3) is 6.69. The maximum atomic E-state index is 13.1. The molecule has 2 heterocycles. The van der Waals surface area contributed by atoms with Gasteiger partial charge in [-0.15, -0.1) is 0 Å². The Hall–Kier alpha value is -3.11. The maximum Gasteiger partial charge on any atom is 0.416 e. The molecule has 0 atom stereocenters. The summed E-state index contributed by atoms with van der Waals surface area (Å²) in [6.07, 6.45) is -0.0917. The van der Waals surface area contributed by atoms with Crippen LogP contribution in [-0.2, 0) is 30.5 Å². The molecule has 1 aromatic carbocycles. The molecule has 0 spiro atoms. The van der Waals surface area contributed by atoms with Crippen molar-refractivity contribution in [2.75, 3.05) is 20.3 Å². The van der Waals surface area contributed by atoms with Gasteiger partial charge >= 0.3 is 6.18 Å². The smallest absolute Gasteiger partial charge is 0.416 e. The molecule has 0 aliphatic rings. The van der Waals surface area contributed by atoms with Crippen LogP contribution < -0.4 is 5.32 Å². The molecule has 0 aliphatic carbocycles. The van der Waals surface area contributed by atoms with Crippen molar-refractivity contribution in [1.82, 2.24) is 15.2 Å². The van der Waals surface area contributed by atoms with Gasteiger partial charge in [-0.25, -0.2) is 4.98 Å². The highest BCUT2D eigenvalue weighted by atomic mass is 19.4. The Kier molecular flexibility index (Phi) is 7.48. The zero-order valence-corrected chi connectivity index (χ0v) is 16.8. The van der Waals surface area contributed by atoms with Gasteiger partial charge in [-0.05, 0) is 17.7 Å². The average Bonchev–Trinajstić information content (AvgIpc) is 3.40. The number of alkyl halides is 3. The number of aromatic nitrogens is 1. The van der Waals surface area contributed by atoms with Gasteiger partial charge in [-0.3, -0.25) is 9.69 Å².